The lowest BCUT2D eigenvalue weighted by Gasteiger charge is -2.63. The zero-order valence-electron chi connectivity index (χ0n) is 22.9. The molecule has 0 aromatic carbocycles. The van der Waals surface area contributed by atoms with Gasteiger partial charge in [0.05, 0.1) is 24.2 Å². The summed E-state index contributed by atoms with van der Waals surface area (Å²) in [4.78, 5) is 16.6. The van der Waals surface area contributed by atoms with Crippen LogP contribution in [0.4, 0.5) is 0 Å². The molecule has 4 rings (SSSR count). The zero-order chi connectivity index (χ0) is 25.8. The fraction of sp³-hybridized carbons (Fsp3) is 0.793. The van der Waals surface area contributed by atoms with Crippen LogP contribution in [0.1, 0.15) is 87.0 Å². The van der Waals surface area contributed by atoms with Gasteiger partial charge in [-0.3, -0.25) is 4.79 Å². The molecule has 0 aromatic heterocycles. The maximum Gasteiger partial charge on any atom is 0.242 e. The molecule has 4 aliphatic rings. The number of amides is 1. The normalized spacial score (nSPS) is 43.9. The van der Waals surface area contributed by atoms with E-state index in [1.54, 1.807) is 7.11 Å². The van der Waals surface area contributed by atoms with Crippen molar-refractivity contribution < 1.29 is 24.1 Å². The van der Waals surface area contributed by atoms with Gasteiger partial charge in [-0.25, -0.2) is 4.99 Å². The number of fused-ring (bicyclic) bond motifs is 5. The summed E-state index contributed by atoms with van der Waals surface area (Å²) in [5.41, 5.74) is -0.125. The molecule has 0 spiro atoms. The molecule has 1 amide bonds. The second-order valence-corrected chi connectivity index (χ2v) is 11.8. The van der Waals surface area contributed by atoms with Crippen molar-refractivity contribution in [2.75, 3.05) is 13.7 Å². The lowest BCUT2D eigenvalue weighted by Crippen LogP contribution is -2.66. The van der Waals surface area contributed by atoms with Crippen molar-refractivity contribution in [2.45, 2.75) is 104 Å². The Labute approximate surface area is 211 Å². The molecule has 196 valence electrons. The fourth-order valence-corrected chi connectivity index (χ4v) is 8.68. The monoisotopic (exact) mass is 487 g/mol. The molecule has 0 aromatic rings. The average molecular weight is 488 g/mol. The van der Waals surface area contributed by atoms with E-state index in [1.165, 1.54) is 12.5 Å². The van der Waals surface area contributed by atoms with Gasteiger partial charge in [-0.2, -0.15) is 0 Å². The smallest absolute Gasteiger partial charge is 0.242 e. The lowest BCUT2D eigenvalue weighted by atomic mass is 9.45. The standard InChI is InChI=1S/C29H45NO5/c1-9-34-21(5)35-29(19(3)30-20(4)31)18(2)16-25-24-11-10-22-17-23(33-8)12-13-26(22,6)28(24,32)15-14-27(25,29)7/h10,17-18,21,24-25,32H,9,11-16H2,1-8H3/t18-,21?,24-,25-,26-,27-,28+,29-/m0/s1. The van der Waals surface area contributed by atoms with Gasteiger partial charge in [0.1, 0.15) is 5.60 Å². The van der Waals surface area contributed by atoms with Gasteiger partial charge in [0, 0.05) is 30.8 Å². The molecular weight excluding hydrogens is 442 g/mol. The van der Waals surface area contributed by atoms with E-state index in [0.29, 0.717) is 13.0 Å². The van der Waals surface area contributed by atoms with Gasteiger partial charge in [-0.1, -0.05) is 26.8 Å². The molecule has 0 aliphatic heterocycles. The number of hydrogen-bond acceptors (Lipinski definition) is 5. The molecule has 0 radical (unpaired) electrons. The number of allylic oxidation sites excluding steroid dienone is 3. The number of aliphatic imine (C=N–C) groups is 1. The summed E-state index contributed by atoms with van der Waals surface area (Å²) >= 11 is 0. The summed E-state index contributed by atoms with van der Waals surface area (Å²) in [6.07, 6.45) is 9.08. The van der Waals surface area contributed by atoms with Crippen LogP contribution in [0.5, 0.6) is 0 Å². The Bertz CT molecular complexity index is 955. The maximum absolute atomic E-state index is 12.5. The van der Waals surface area contributed by atoms with Crippen LogP contribution in [0.2, 0.25) is 0 Å². The molecule has 8 atom stereocenters. The SMILES string of the molecule is CCOC(C)O[C@]1(C(C)=NC(C)=O)[C@@H](C)C[C@H]2[C@@H]3CC=C4C=C(OC)CC[C@]4(C)[C@@]3(O)CC[C@@]21C. The molecule has 2 fully saturated rings. The third-order valence-corrected chi connectivity index (χ3v) is 10.3. The Morgan fingerprint density at radius 2 is 1.94 bits per heavy atom. The lowest BCUT2D eigenvalue weighted by molar-refractivity contribution is -0.242. The van der Waals surface area contributed by atoms with Crippen LogP contribution < -0.4 is 0 Å². The van der Waals surface area contributed by atoms with E-state index in [2.05, 4.69) is 37.9 Å². The third kappa shape index (κ3) is 3.69. The van der Waals surface area contributed by atoms with Crippen molar-refractivity contribution in [1.82, 2.24) is 0 Å². The van der Waals surface area contributed by atoms with Crippen molar-refractivity contribution >= 4 is 11.6 Å². The maximum atomic E-state index is 12.5. The number of carbonyl (C=O) groups excluding carboxylic acids is 1. The molecule has 0 saturated heterocycles. The molecule has 2 saturated carbocycles. The predicted molar refractivity (Wildman–Crippen MR) is 137 cm³/mol. The predicted octanol–water partition coefficient (Wildman–Crippen LogP) is 5.60. The Hall–Kier alpha value is -1.50. The average Bonchev–Trinajstić information content (AvgIpc) is 3.01. The van der Waals surface area contributed by atoms with Crippen LogP contribution in [0.3, 0.4) is 0 Å². The van der Waals surface area contributed by atoms with Gasteiger partial charge < -0.3 is 19.3 Å². The number of ether oxygens (including phenoxy) is 3. The summed E-state index contributed by atoms with van der Waals surface area (Å²) in [5, 5.41) is 12.5. The first-order valence-corrected chi connectivity index (χ1v) is 13.4. The molecule has 0 bridgehead atoms. The van der Waals surface area contributed by atoms with E-state index in [-0.39, 0.29) is 34.5 Å². The van der Waals surface area contributed by atoms with Crippen LogP contribution >= 0.6 is 0 Å². The molecule has 1 unspecified atom stereocenters. The Balaban J connectivity index is 1.80. The van der Waals surface area contributed by atoms with Crippen molar-refractivity contribution in [2.24, 2.45) is 33.6 Å². The van der Waals surface area contributed by atoms with Crippen LogP contribution in [0.15, 0.2) is 28.5 Å². The molecular formula is C29H45NO5. The Morgan fingerprint density at radius 1 is 1.23 bits per heavy atom. The highest BCUT2D eigenvalue weighted by atomic mass is 16.7. The largest absolute Gasteiger partial charge is 0.501 e. The number of rotatable bonds is 6. The van der Waals surface area contributed by atoms with Gasteiger partial charge in [0.25, 0.3) is 0 Å². The summed E-state index contributed by atoms with van der Waals surface area (Å²) in [7, 11) is 1.73. The van der Waals surface area contributed by atoms with E-state index >= 15 is 0 Å². The van der Waals surface area contributed by atoms with Crippen LogP contribution in [0.25, 0.3) is 0 Å². The van der Waals surface area contributed by atoms with E-state index in [1.807, 2.05) is 20.8 Å². The number of hydrogen-bond donors (Lipinski definition) is 1. The topological polar surface area (TPSA) is 77.4 Å². The van der Waals surface area contributed by atoms with Crippen LogP contribution in [0, 0.1) is 28.6 Å². The number of carbonyl (C=O) groups is 1. The van der Waals surface area contributed by atoms with E-state index in [0.717, 1.165) is 43.6 Å². The van der Waals surface area contributed by atoms with Gasteiger partial charge in [0.15, 0.2) is 6.29 Å². The van der Waals surface area contributed by atoms with Crippen molar-refractivity contribution in [1.29, 1.82) is 0 Å². The minimum Gasteiger partial charge on any atom is -0.501 e. The highest BCUT2D eigenvalue weighted by molar-refractivity contribution is 6.00. The van der Waals surface area contributed by atoms with Crippen molar-refractivity contribution in [3.63, 3.8) is 0 Å². The summed E-state index contributed by atoms with van der Waals surface area (Å²) in [6, 6.07) is 0. The number of nitrogens with zero attached hydrogens (tertiary/aromatic N) is 1. The Morgan fingerprint density at radius 3 is 2.57 bits per heavy atom. The van der Waals surface area contributed by atoms with Gasteiger partial charge >= 0.3 is 0 Å². The van der Waals surface area contributed by atoms with Gasteiger partial charge in [-0.05, 0) is 82.3 Å². The molecule has 4 aliphatic carbocycles. The molecule has 6 heteroatoms. The molecule has 1 N–H and O–H groups in total. The Kier molecular flexibility index (Phi) is 6.91. The number of aliphatic hydroxyl groups is 1. The van der Waals surface area contributed by atoms with E-state index < -0.39 is 17.5 Å². The summed E-state index contributed by atoms with van der Waals surface area (Å²) in [6.45, 7) is 14.7. The quantitative estimate of drug-likeness (QED) is 0.390. The fourth-order valence-electron chi connectivity index (χ4n) is 8.68. The van der Waals surface area contributed by atoms with E-state index in [9.17, 15) is 9.90 Å². The van der Waals surface area contributed by atoms with Gasteiger partial charge in [-0.15, -0.1) is 0 Å². The van der Waals surface area contributed by atoms with E-state index in [4.69, 9.17) is 14.2 Å². The van der Waals surface area contributed by atoms with Crippen molar-refractivity contribution in [3.8, 4) is 0 Å². The highest BCUT2D eigenvalue weighted by Gasteiger charge is 2.72. The molecule has 35 heavy (non-hydrogen) atoms. The molecule has 6 nitrogen and oxygen atoms in total. The number of methoxy groups -OCH3 is 1. The highest BCUT2D eigenvalue weighted by Crippen LogP contribution is 2.70. The second kappa shape index (κ2) is 9.11. The zero-order valence-corrected chi connectivity index (χ0v) is 22.9. The first kappa shape index (κ1) is 26.6. The van der Waals surface area contributed by atoms with Gasteiger partial charge in [0.2, 0.25) is 5.91 Å². The minimum absolute atomic E-state index is 0.118. The minimum atomic E-state index is -0.788. The first-order chi connectivity index (χ1) is 16.4. The van der Waals surface area contributed by atoms with Crippen LogP contribution in [-0.2, 0) is 19.0 Å². The van der Waals surface area contributed by atoms with Crippen LogP contribution in [-0.4, -0.2) is 47.9 Å². The van der Waals surface area contributed by atoms with Crippen molar-refractivity contribution in [3.05, 3.63) is 23.5 Å². The molecule has 0 heterocycles. The third-order valence-electron chi connectivity index (χ3n) is 10.3. The first-order valence-electron chi connectivity index (χ1n) is 13.4. The summed E-state index contributed by atoms with van der Waals surface area (Å²) in [5.74, 6) is 1.29. The summed E-state index contributed by atoms with van der Waals surface area (Å²) < 4.78 is 18.2. The second-order valence-electron chi connectivity index (χ2n) is 11.8.